The smallest absolute Gasteiger partial charge is 0.264 e. The number of carbonyl (C=O) groups excluding carboxylic acids is 1. The zero-order valence-electron chi connectivity index (χ0n) is 18.7. The average Bonchev–Trinajstić information content (AvgIpc) is 3.53. The van der Waals surface area contributed by atoms with E-state index < -0.39 is 21.3 Å². The van der Waals surface area contributed by atoms with Crippen LogP contribution in [0.2, 0.25) is 0 Å². The number of hydrogen-bond acceptors (Lipinski definition) is 6. The van der Waals surface area contributed by atoms with Crippen molar-refractivity contribution in [1.82, 2.24) is 14.7 Å². The summed E-state index contributed by atoms with van der Waals surface area (Å²) in [5.41, 5.74) is 1.19. The molecule has 5 rings (SSSR count). The van der Waals surface area contributed by atoms with Crippen LogP contribution < -0.4 is 9.46 Å². The molecular weight excluding hydrogens is 438 g/mol. The van der Waals surface area contributed by atoms with Crippen LogP contribution in [-0.4, -0.2) is 30.4 Å². The summed E-state index contributed by atoms with van der Waals surface area (Å²) in [5.74, 6) is 0.486. The lowest BCUT2D eigenvalue weighted by molar-refractivity contribution is -0.121. The second-order valence-electron chi connectivity index (χ2n) is 9.25. The van der Waals surface area contributed by atoms with E-state index in [2.05, 4.69) is 14.7 Å². The number of sulfonamides is 1. The van der Waals surface area contributed by atoms with Crippen molar-refractivity contribution in [2.75, 3.05) is 0 Å². The lowest BCUT2D eigenvalue weighted by Gasteiger charge is -2.27. The van der Waals surface area contributed by atoms with Crippen LogP contribution in [0, 0.1) is 0 Å². The molecule has 1 amide bonds. The van der Waals surface area contributed by atoms with Crippen molar-refractivity contribution < 1.29 is 17.9 Å². The van der Waals surface area contributed by atoms with Crippen molar-refractivity contribution >= 4 is 26.8 Å². The molecule has 2 aliphatic rings. The van der Waals surface area contributed by atoms with Gasteiger partial charge in [-0.05, 0) is 81.3 Å². The highest BCUT2D eigenvalue weighted by Gasteiger charge is 2.55. The van der Waals surface area contributed by atoms with Gasteiger partial charge in [-0.3, -0.25) is 14.8 Å². The number of hydrogen-bond donors (Lipinski definition) is 1. The van der Waals surface area contributed by atoms with E-state index in [0.29, 0.717) is 41.1 Å². The molecule has 8 heteroatoms. The zero-order valence-corrected chi connectivity index (χ0v) is 19.6. The van der Waals surface area contributed by atoms with Crippen molar-refractivity contribution in [3.63, 3.8) is 0 Å². The first-order valence-electron chi connectivity index (χ1n) is 11.4. The van der Waals surface area contributed by atoms with Crippen LogP contribution >= 0.6 is 0 Å². The van der Waals surface area contributed by atoms with Crippen LogP contribution in [0.25, 0.3) is 10.9 Å². The van der Waals surface area contributed by atoms with Gasteiger partial charge in [0.2, 0.25) is 5.91 Å². The molecule has 1 aromatic carbocycles. The largest absolute Gasteiger partial charge is 0.489 e. The lowest BCUT2D eigenvalue weighted by atomic mass is 9.80. The van der Waals surface area contributed by atoms with Crippen molar-refractivity contribution in [1.29, 1.82) is 0 Å². The molecule has 3 aromatic rings. The van der Waals surface area contributed by atoms with Crippen molar-refractivity contribution in [3.8, 4) is 5.75 Å². The number of rotatable bonds is 7. The molecule has 0 bridgehead atoms. The minimum atomic E-state index is -4.10. The van der Waals surface area contributed by atoms with Gasteiger partial charge in [0.25, 0.3) is 10.0 Å². The molecule has 2 heterocycles. The van der Waals surface area contributed by atoms with E-state index in [9.17, 15) is 13.2 Å². The van der Waals surface area contributed by atoms with Gasteiger partial charge in [-0.15, -0.1) is 0 Å². The Bertz CT molecular complexity index is 1320. The highest BCUT2D eigenvalue weighted by molar-refractivity contribution is 7.90. The Morgan fingerprint density at radius 3 is 2.61 bits per heavy atom. The van der Waals surface area contributed by atoms with Crippen molar-refractivity contribution in [2.24, 2.45) is 0 Å². The molecule has 0 radical (unpaired) electrons. The number of benzene rings is 1. The zero-order chi connectivity index (χ0) is 23.2. The molecule has 172 valence electrons. The SMILES string of the molecule is CC(C)Oc1cc(C2CCC2)cnc1C1(C(=O)NS(=O)(=O)c2cccc3ncccc23)CC1. The Labute approximate surface area is 193 Å². The molecule has 33 heavy (non-hydrogen) atoms. The maximum absolute atomic E-state index is 13.4. The van der Waals surface area contributed by atoms with Gasteiger partial charge in [-0.25, -0.2) is 13.1 Å². The van der Waals surface area contributed by atoms with E-state index in [1.807, 2.05) is 26.1 Å². The third-order valence-corrected chi connectivity index (χ3v) is 7.96. The molecule has 2 aromatic heterocycles. The van der Waals surface area contributed by atoms with Crippen LogP contribution in [0.1, 0.15) is 63.1 Å². The first-order valence-corrected chi connectivity index (χ1v) is 12.9. The molecule has 0 unspecified atom stereocenters. The van der Waals surface area contributed by atoms with Crippen LogP contribution in [-0.2, 0) is 20.2 Å². The Morgan fingerprint density at radius 2 is 1.94 bits per heavy atom. The predicted octanol–water partition coefficient (Wildman–Crippen LogP) is 4.22. The maximum atomic E-state index is 13.4. The Balaban J connectivity index is 1.47. The first kappa shape index (κ1) is 21.8. The van der Waals surface area contributed by atoms with Gasteiger partial charge in [0, 0.05) is 17.8 Å². The van der Waals surface area contributed by atoms with Gasteiger partial charge < -0.3 is 4.74 Å². The summed E-state index contributed by atoms with van der Waals surface area (Å²) >= 11 is 0. The first-order chi connectivity index (χ1) is 15.8. The molecule has 7 nitrogen and oxygen atoms in total. The Hall–Kier alpha value is -3.00. The van der Waals surface area contributed by atoms with E-state index >= 15 is 0 Å². The van der Waals surface area contributed by atoms with E-state index in [4.69, 9.17) is 4.74 Å². The topological polar surface area (TPSA) is 98.2 Å². The summed E-state index contributed by atoms with van der Waals surface area (Å²) in [4.78, 5) is 22.3. The molecule has 0 atom stereocenters. The number of amides is 1. The maximum Gasteiger partial charge on any atom is 0.264 e. The third-order valence-electron chi connectivity index (χ3n) is 6.57. The number of aromatic nitrogens is 2. The molecule has 0 saturated heterocycles. The summed E-state index contributed by atoms with van der Waals surface area (Å²) in [6.07, 6.45) is 7.85. The summed E-state index contributed by atoms with van der Waals surface area (Å²) in [5, 5.41) is 0.469. The second-order valence-corrected chi connectivity index (χ2v) is 10.9. The molecule has 2 saturated carbocycles. The summed E-state index contributed by atoms with van der Waals surface area (Å²) < 4.78 is 34.8. The molecule has 0 aliphatic heterocycles. The summed E-state index contributed by atoms with van der Waals surface area (Å²) in [6, 6.07) is 10.2. The quantitative estimate of drug-likeness (QED) is 0.561. The minimum Gasteiger partial charge on any atom is -0.489 e. The number of nitrogens with one attached hydrogen (secondary N) is 1. The van der Waals surface area contributed by atoms with Gasteiger partial charge in [0.1, 0.15) is 5.75 Å². The highest BCUT2D eigenvalue weighted by atomic mass is 32.2. The molecule has 2 fully saturated rings. The fourth-order valence-corrected chi connectivity index (χ4v) is 5.68. The van der Waals surface area contributed by atoms with E-state index in [1.54, 1.807) is 30.5 Å². The van der Waals surface area contributed by atoms with Gasteiger partial charge in [-0.2, -0.15) is 0 Å². The van der Waals surface area contributed by atoms with Gasteiger partial charge in [0.15, 0.2) is 0 Å². The second kappa shape index (κ2) is 8.09. The van der Waals surface area contributed by atoms with Crippen LogP contribution in [0.4, 0.5) is 0 Å². The number of ether oxygens (including phenoxy) is 1. The van der Waals surface area contributed by atoms with Crippen molar-refractivity contribution in [2.45, 2.75) is 68.3 Å². The predicted molar refractivity (Wildman–Crippen MR) is 125 cm³/mol. The number of nitrogens with zero attached hydrogens (tertiary/aromatic N) is 2. The average molecular weight is 466 g/mol. The van der Waals surface area contributed by atoms with Crippen LogP contribution in [0.15, 0.2) is 53.7 Å². The minimum absolute atomic E-state index is 0.0317. The van der Waals surface area contributed by atoms with Crippen LogP contribution in [0.3, 0.4) is 0 Å². The van der Waals surface area contributed by atoms with E-state index in [0.717, 1.165) is 18.4 Å². The molecule has 0 spiro atoms. The van der Waals surface area contributed by atoms with Crippen LogP contribution in [0.5, 0.6) is 5.75 Å². The lowest BCUT2D eigenvalue weighted by Crippen LogP contribution is -2.39. The van der Waals surface area contributed by atoms with Crippen molar-refractivity contribution in [3.05, 3.63) is 60.0 Å². The number of fused-ring (bicyclic) bond motifs is 1. The van der Waals surface area contributed by atoms with Gasteiger partial charge >= 0.3 is 0 Å². The normalized spacial score (nSPS) is 17.5. The van der Waals surface area contributed by atoms with E-state index in [1.165, 1.54) is 12.5 Å². The third kappa shape index (κ3) is 3.97. The Kier molecular flexibility index (Phi) is 5.35. The fourth-order valence-electron chi connectivity index (χ4n) is 4.41. The van der Waals surface area contributed by atoms with Gasteiger partial charge in [0.05, 0.1) is 27.6 Å². The standard InChI is InChI=1S/C25H27N3O4S/c1-16(2)32-21-14-18(17-6-3-7-17)15-27-23(21)25(11-12-25)24(29)28-33(30,31)22-10-4-9-20-19(22)8-5-13-26-20/h4-5,8-10,13-17H,3,6-7,11-12H2,1-2H3,(H,28,29). The summed E-state index contributed by atoms with van der Waals surface area (Å²) in [6.45, 7) is 3.86. The highest BCUT2D eigenvalue weighted by Crippen LogP contribution is 2.52. The summed E-state index contributed by atoms with van der Waals surface area (Å²) in [7, 11) is -4.10. The fraction of sp³-hybridized carbons (Fsp3) is 0.400. The molecule has 2 aliphatic carbocycles. The molecular formula is C25H27N3O4S. The number of pyridine rings is 2. The molecule has 1 N–H and O–H groups in total. The van der Waals surface area contributed by atoms with Gasteiger partial charge in [-0.1, -0.05) is 12.5 Å². The monoisotopic (exact) mass is 465 g/mol. The Morgan fingerprint density at radius 1 is 1.15 bits per heavy atom. The van der Waals surface area contributed by atoms with E-state index in [-0.39, 0.29) is 11.0 Å². The number of carbonyl (C=O) groups is 1.